The number of nitrogens with zero attached hydrogens (tertiary/aromatic N) is 3. The summed E-state index contributed by atoms with van der Waals surface area (Å²) in [7, 11) is 1.49. The van der Waals surface area contributed by atoms with Crippen molar-refractivity contribution in [3.63, 3.8) is 0 Å². The number of rotatable bonds is 6. The predicted molar refractivity (Wildman–Crippen MR) is 104 cm³/mol. The minimum Gasteiger partial charge on any atom is -0.388 e. The van der Waals surface area contributed by atoms with Gasteiger partial charge in [-0.15, -0.1) is 5.10 Å². The van der Waals surface area contributed by atoms with Gasteiger partial charge in [-0.05, 0) is 31.2 Å². The average molecular weight is 380 g/mol. The summed E-state index contributed by atoms with van der Waals surface area (Å²) in [6.07, 6.45) is 0. The van der Waals surface area contributed by atoms with Crippen molar-refractivity contribution in [3.05, 3.63) is 70.7 Å². The van der Waals surface area contributed by atoms with Crippen molar-refractivity contribution >= 4 is 17.5 Å². The van der Waals surface area contributed by atoms with Gasteiger partial charge in [0.25, 0.3) is 0 Å². The lowest BCUT2D eigenvalue weighted by atomic mass is 10.2. The van der Waals surface area contributed by atoms with E-state index in [9.17, 15) is 14.4 Å². The molecule has 0 bridgehead atoms. The summed E-state index contributed by atoms with van der Waals surface area (Å²) >= 11 is 0. The third kappa shape index (κ3) is 4.73. The Morgan fingerprint density at radius 1 is 1.11 bits per heavy atom. The minimum atomic E-state index is -0.732. The number of nitrogens with one attached hydrogen (secondary N) is 1. The Hall–Kier alpha value is -3.68. The maximum atomic E-state index is 12.3. The molecular weight excluding hydrogens is 360 g/mol. The standard InChI is InChI=1S/C20H20N4O4/c1-14-8-10-16(11-9-14)21-17(25)12-23(2)18(26)13-24-20(27)28-19(22-24)15-6-4-3-5-7-15/h3-11H,12-13H2,1-2H3,(H,21,25). The molecule has 0 saturated carbocycles. The van der Waals surface area contributed by atoms with E-state index in [1.54, 1.807) is 36.4 Å². The topological polar surface area (TPSA) is 97.4 Å². The van der Waals surface area contributed by atoms with E-state index in [0.29, 0.717) is 11.3 Å². The van der Waals surface area contributed by atoms with Gasteiger partial charge >= 0.3 is 5.76 Å². The van der Waals surface area contributed by atoms with Crippen molar-refractivity contribution in [2.24, 2.45) is 0 Å². The second-order valence-electron chi connectivity index (χ2n) is 6.36. The average Bonchev–Trinajstić information content (AvgIpc) is 3.04. The number of carbonyl (C=O) groups excluding carboxylic acids is 2. The number of amides is 2. The molecule has 144 valence electrons. The first-order chi connectivity index (χ1) is 13.4. The summed E-state index contributed by atoms with van der Waals surface area (Å²) in [6.45, 7) is 1.49. The van der Waals surface area contributed by atoms with Crippen LogP contribution in [0.1, 0.15) is 5.56 Å². The van der Waals surface area contributed by atoms with Crippen LogP contribution < -0.4 is 11.1 Å². The van der Waals surface area contributed by atoms with Crippen LogP contribution in [0.15, 0.2) is 63.8 Å². The monoisotopic (exact) mass is 380 g/mol. The number of aryl methyl sites for hydroxylation is 1. The van der Waals surface area contributed by atoms with Gasteiger partial charge in [-0.2, -0.15) is 4.68 Å². The molecule has 0 saturated heterocycles. The molecular formula is C20H20N4O4. The number of aromatic nitrogens is 2. The van der Waals surface area contributed by atoms with Crippen LogP contribution in [0.25, 0.3) is 11.5 Å². The first kappa shape index (κ1) is 19.1. The summed E-state index contributed by atoms with van der Waals surface area (Å²) in [6, 6.07) is 16.2. The number of likely N-dealkylation sites (N-methyl/N-ethyl adjacent to an activating group) is 1. The van der Waals surface area contributed by atoms with Crippen LogP contribution in [0.2, 0.25) is 0 Å². The van der Waals surface area contributed by atoms with Crippen molar-refractivity contribution in [3.8, 4) is 11.5 Å². The maximum Gasteiger partial charge on any atom is 0.437 e. The summed E-state index contributed by atoms with van der Waals surface area (Å²) in [5.41, 5.74) is 2.37. The van der Waals surface area contributed by atoms with E-state index in [1.807, 2.05) is 25.1 Å². The highest BCUT2D eigenvalue weighted by molar-refractivity contribution is 5.94. The SMILES string of the molecule is Cc1ccc(NC(=O)CN(C)C(=O)Cn2nc(-c3ccccc3)oc2=O)cc1. The van der Waals surface area contributed by atoms with Crippen molar-refractivity contribution in [2.75, 3.05) is 18.9 Å². The van der Waals surface area contributed by atoms with E-state index >= 15 is 0 Å². The summed E-state index contributed by atoms with van der Waals surface area (Å²) in [5.74, 6) is -1.37. The molecule has 28 heavy (non-hydrogen) atoms. The van der Waals surface area contributed by atoms with Crippen LogP contribution in [0, 0.1) is 6.92 Å². The Bertz CT molecular complexity index is 1020. The van der Waals surface area contributed by atoms with Gasteiger partial charge in [0.1, 0.15) is 6.54 Å². The lowest BCUT2D eigenvalue weighted by Crippen LogP contribution is -2.38. The molecule has 0 atom stereocenters. The molecule has 0 fully saturated rings. The van der Waals surface area contributed by atoms with Gasteiger partial charge in [0, 0.05) is 18.3 Å². The van der Waals surface area contributed by atoms with E-state index in [-0.39, 0.29) is 24.9 Å². The van der Waals surface area contributed by atoms with E-state index in [0.717, 1.165) is 10.2 Å². The molecule has 8 heteroatoms. The fourth-order valence-corrected chi connectivity index (χ4v) is 2.49. The summed E-state index contributed by atoms with van der Waals surface area (Å²) < 4.78 is 6.04. The Labute approximate surface area is 161 Å². The van der Waals surface area contributed by atoms with Gasteiger partial charge in [0.2, 0.25) is 17.7 Å². The normalized spacial score (nSPS) is 10.5. The molecule has 0 radical (unpaired) electrons. The fraction of sp³-hybridized carbons (Fsp3) is 0.200. The quantitative estimate of drug-likeness (QED) is 0.704. The fourth-order valence-electron chi connectivity index (χ4n) is 2.49. The van der Waals surface area contributed by atoms with Gasteiger partial charge < -0.3 is 14.6 Å². The number of hydrogen-bond acceptors (Lipinski definition) is 5. The van der Waals surface area contributed by atoms with Gasteiger partial charge in [-0.3, -0.25) is 9.59 Å². The zero-order valence-corrected chi connectivity index (χ0v) is 15.6. The van der Waals surface area contributed by atoms with Crippen LogP contribution in [0.5, 0.6) is 0 Å². The molecule has 0 aliphatic rings. The third-order valence-electron chi connectivity index (χ3n) is 4.05. The van der Waals surface area contributed by atoms with E-state index in [1.165, 1.54) is 11.9 Å². The molecule has 2 aromatic carbocycles. The van der Waals surface area contributed by atoms with Crippen molar-refractivity contribution in [1.29, 1.82) is 0 Å². The maximum absolute atomic E-state index is 12.3. The number of benzene rings is 2. The Morgan fingerprint density at radius 3 is 2.46 bits per heavy atom. The van der Waals surface area contributed by atoms with Crippen LogP contribution >= 0.6 is 0 Å². The van der Waals surface area contributed by atoms with Crippen LogP contribution in [-0.4, -0.2) is 40.1 Å². The van der Waals surface area contributed by atoms with Gasteiger partial charge in [0.15, 0.2) is 0 Å². The molecule has 1 aromatic heterocycles. The van der Waals surface area contributed by atoms with Gasteiger partial charge in [-0.1, -0.05) is 35.9 Å². The first-order valence-electron chi connectivity index (χ1n) is 8.66. The molecule has 3 rings (SSSR count). The minimum absolute atomic E-state index is 0.137. The molecule has 1 heterocycles. The zero-order valence-electron chi connectivity index (χ0n) is 15.6. The summed E-state index contributed by atoms with van der Waals surface area (Å²) in [5, 5.41) is 6.77. The molecule has 0 spiro atoms. The third-order valence-corrected chi connectivity index (χ3v) is 4.05. The smallest absolute Gasteiger partial charge is 0.388 e. The van der Waals surface area contributed by atoms with Crippen molar-refractivity contribution in [1.82, 2.24) is 14.7 Å². The highest BCUT2D eigenvalue weighted by atomic mass is 16.4. The highest BCUT2D eigenvalue weighted by Crippen LogP contribution is 2.14. The van der Waals surface area contributed by atoms with Crippen molar-refractivity contribution < 1.29 is 14.0 Å². The number of carbonyl (C=O) groups is 2. The Kier molecular flexibility index (Phi) is 5.69. The Balaban J connectivity index is 1.59. The second kappa shape index (κ2) is 8.34. The predicted octanol–water partition coefficient (Wildman–Crippen LogP) is 1.91. The highest BCUT2D eigenvalue weighted by Gasteiger charge is 2.17. The Morgan fingerprint density at radius 2 is 1.79 bits per heavy atom. The van der Waals surface area contributed by atoms with Crippen LogP contribution in [0.3, 0.4) is 0 Å². The molecule has 8 nitrogen and oxygen atoms in total. The summed E-state index contributed by atoms with van der Waals surface area (Å²) in [4.78, 5) is 37.6. The first-order valence-corrected chi connectivity index (χ1v) is 8.66. The number of anilines is 1. The van der Waals surface area contributed by atoms with Crippen LogP contribution in [0.4, 0.5) is 5.69 Å². The van der Waals surface area contributed by atoms with Crippen molar-refractivity contribution in [2.45, 2.75) is 13.5 Å². The molecule has 2 amide bonds. The zero-order chi connectivity index (χ0) is 20.1. The molecule has 0 unspecified atom stereocenters. The molecule has 1 N–H and O–H groups in total. The number of hydrogen-bond donors (Lipinski definition) is 1. The van der Waals surface area contributed by atoms with Crippen LogP contribution in [-0.2, 0) is 16.1 Å². The second-order valence-corrected chi connectivity index (χ2v) is 6.36. The van der Waals surface area contributed by atoms with E-state index in [4.69, 9.17) is 4.42 Å². The van der Waals surface area contributed by atoms with Gasteiger partial charge in [0.05, 0.1) is 6.54 Å². The van der Waals surface area contributed by atoms with Gasteiger partial charge in [-0.25, -0.2) is 4.79 Å². The molecule has 0 aliphatic heterocycles. The molecule has 0 aliphatic carbocycles. The lowest BCUT2D eigenvalue weighted by Gasteiger charge is -2.16. The largest absolute Gasteiger partial charge is 0.437 e. The van der Waals surface area contributed by atoms with E-state index in [2.05, 4.69) is 10.4 Å². The molecule has 3 aromatic rings. The lowest BCUT2D eigenvalue weighted by molar-refractivity contribution is -0.134. The van der Waals surface area contributed by atoms with E-state index < -0.39 is 11.7 Å².